The van der Waals surface area contributed by atoms with Crippen molar-refractivity contribution in [2.75, 3.05) is 13.2 Å². The van der Waals surface area contributed by atoms with Crippen LogP contribution in [-0.2, 0) is 14.8 Å². The molecule has 4 N–H and O–H groups in total. The number of nitrogens with two attached hydrogens (primary N) is 1. The first-order chi connectivity index (χ1) is 9.35. The smallest absolute Gasteiger partial charge is 0.271 e. The minimum Gasteiger partial charge on any atom is -0.484 e. The summed E-state index contributed by atoms with van der Waals surface area (Å²) in [6.45, 7) is 3.98. The minimum absolute atomic E-state index is 0.147. The molecule has 0 aliphatic rings. The molecule has 8 heteroatoms. The number of hydrazine groups is 1. The lowest BCUT2D eigenvalue weighted by Gasteiger charge is -2.10. The monoisotopic (exact) mass is 301 g/mol. The molecule has 112 valence electrons. The Labute approximate surface area is 118 Å². The summed E-state index contributed by atoms with van der Waals surface area (Å²) in [5, 5.41) is 0. The summed E-state index contributed by atoms with van der Waals surface area (Å²) in [7, 11) is -3.51. The van der Waals surface area contributed by atoms with E-state index in [1.807, 2.05) is 19.3 Å². The maximum atomic E-state index is 11.9. The number of rotatable bonds is 7. The lowest BCUT2D eigenvalue weighted by atomic mass is 10.2. The van der Waals surface area contributed by atoms with Crippen LogP contribution in [0.15, 0.2) is 29.2 Å². The predicted octanol–water partition coefficient (Wildman–Crippen LogP) is -0.0104. The molecule has 0 spiro atoms. The zero-order valence-electron chi connectivity index (χ0n) is 11.4. The van der Waals surface area contributed by atoms with Crippen molar-refractivity contribution in [3.63, 3.8) is 0 Å². The second-order valence-electron chi connectivity index (χ2n) is 4.57. The number of benzene rings is 1. The van der Waals surface area contributed by atoms with Crippen LogP contribution in [0.25, 0.3) is 0 Å². The summed E-state index contributed by atoms with van der Waals surface area (Å²) in [6, 6.07) is 5.79. The third-order valence-corrected chi connectivity index (χ3v) is 3.79. The van der Waals surface area contributed by atoms with Crippen LogP contribution in [0.1, 0.15) is 13.8 Å². The van der Waals surface area contributed by atoms with Gasteiger partial charge in [0.05, 0.1) is 4.90 Å². The zero-order chi connectivity index (χ0) is 15.2. The first kappa shape index (κ1) is 16.4. The largest absolute Gasteiger partial charge is 0.484 e. The SMILES string of the molecule is CC(C)CNS(=O)(=O)c1ccc(OCC(=O)NN)cc1. The van der Waals surface area contributed by atoms with Crippen molar-refractivity contribution >= 4 is 15.9 Å². The molecule has 0 fully saturated rings. The molecular formula is C12H19N3O4S. The average molecular weight is 301 g/mol. The molecule has 0 aliphatic carbocycles. The van der Waals surface area contributed by atoms with Crippen LogP contribution in [0.4, 0.5) is 0 Å². The van der Waals surface area contributed by atoms with Crippen LogP contribution in [0.3, 0.4) is 0 Å². The van der Waals surface area contributed by atoms with Gasteiger partial charge in [0.15, 0.2) is 6.61 Å². The highest BCUT2D eigenvalue weighted by Gasteiger charge is 2.14. The Bertz CT molecular complexity index is 540. The second-order valence-corrected chi connectivity index (χ2v) is 6.34. The minimum atomic E-state index is -3.51. The van der Waals surface area contributed by atoms with E-state index < -0.39 is 15.9 Å². The number of ether oxygens (including phenoxy) is 1. The molecule has 0 bridgehead atoms. The molecule has 20 heavy (non-hydrogen) atoms. The van der Waals surface area contributed by atoms with Gasteiger partial charge >= 0.3 is 0 Å². The average Bonchev–Trinajstić information content (AvgIpc) is 2.43. The molecule has 7 nitrogen and oxygen atoms in total. The van der Waals surface area contributed by atoms with Crippen molar-refractivity contribution in [3.05, 3.63) is 24.3 Å². The first-order valence-electron chi connectivity index (χ1n) is 6.07. The van der Waals surface area contributed by atoms with Crippen molar-refractivity contribution in [2.45, 2.75) is 18.7 Å². The number of carbonyl (C=O) groups is 1. The Morgan fingerprint density at radius 1 is 1.30 bits per heavy atom. The lowest BCUT2D eigenvalue weighted by molar-refractivity contribution is -0.123. The molecule has 1 aromatic rings. The molecule has 1 amide bonds. The van der Waals surface area contributed by atoms with Gasteiger partial charge in [0.2, 0.25) is 10.0 Å². The van der Waals surface area contributed by atoms with E-state index in [1.54, 1.807) is 0 Å². The van der Waals surface area contributed by atoms with Gasteiger partial charge in [-0.25, -0.2) is 19.0 Å². The molecule has 1 rings (SSSR count). The summed E-state index contributed by atoms with van der Waals surface area (Å²) in [4.78, 5) is 11.0. The first-order valence-corrected chi connectivity index (χ1v) is 7.55. The third-order valence-electron chi connectivity index (χ3n) is 2.35. The number of nitrogens with one attached hydrogen (secondary N) is 2. The Kier molecular flexibility index (Phi) is 5.93. The standard InChI is InChI=1S/C12H19N3O4S/c1-9(2)7-14-20(17,18)11-5-3-10(4-6-11)19-8-12(16)15-13/h3-6,9,14H,7-8,13H2,1-2H3,(H,15,16). The maximum Gasteiger partial charge on any atom is 0.271 e. The van der Waals surface area contributed by atoms with Gasteiger partial charge in [0, 0.05) is 6.54 Å². The van der Waals surface area contributed by atoms with Gasteiger partial charge in [-0.3, -0.25) is 10.2 Å². The molecule has 1 aromatic carbocycles. The zero-order valence-corrected chi connectivity index (χ0v) is 12.2. The van der Waals surface area contributed by atoms with Gasteiger partial charge in [0.1, 0.15) is 5.75 Å². The molecular weight excluding hydrogens is 282 g/mol. The van der Waals surface area contributed by atoms with Crippen LogP contribution in [0.5, 0.6) is 5.75 Å². The van der Waals surface area contributed by atoms with E-state index in [-0.39, 0.29) is 17.4 Å². The van der Waals surface area contributed by atoms with E-state index in [9.17, 15) is 13.2 Å². The highest BCUT2D eigenvalue weighted by Crippen LogP contribution is 2.15. The molecule has 0 atom stereocenters. The van der Waals surface area contributed by atoms with Crippen molar-refractivity contribution in [2.24, 2.45) is 11.8 Å². The fraction of sp³-hybridized carbons (Fsp3) is 0.417. The van der Waals surface area contributed by atoms with Gasteiger partial charge in [0.25, 0.3) is 5.91 Å². The van der Waals surface area contributed by atoms with Crippen LogP contribution in [0.2, 0.25) is 0 Å². The molecule has 0 saturated carbocycles. The van der Waals surface area contributed by atoms with Crippen LogP contribution in [0, 0.1) is 5.92 Å². The predicted molar refractivity (Wildman–Crippen MR) is 74.3 cm³/mol. The Balaban J connectivity index is 2.68. The normalized spacial score (nSPS) is 11.4. The van der Waals surface area contributed by atoms with Crippen LogP contribution < -0.4 is 20.7 Å². The van der Waals surface area contributed by atoms with Crippen molar-refractivity contribution < 1.29 is 17.9 Å². The number of hydrogen-bond acceptors (Lipinski definition) is 5. The number of sulfonamides is 1. The number of carbonyl (C=O) groups excluding carboxylic acids is 1. The third kappa shape index (κ3) is 5.16. The van der Waals surface area contributed by atoms with E-state index in [2.05, 4.69) is 4.72 Å². The molecule has 0 saturated heterocycles. The van der Waals surface area contributed by atoms with E-state index in [1.165, 1.54) is 24.3 Å². The van der Waals surface area contributed by atoms with Gasteiger partial charge in [-0.05, 0) is 30.2 Å². The van der Waals surface area contributed by atoms with Crippen LogP contribution in [-0.4, -0.2) is 27.5 Å². The highest BCUT2D eigenvalue weighted by molar-refractivity contribution is 7.89. The number of hydrogen-bond donors (Lipinski definition) is 3. The van der Waals surface area contributed by atoms with E-state index >= 15 is 0 Å². The van der Waals surface area contributed by atoms with Crippen molar-refractivity contribution in [3.8, 4) is 5.75 Å². The Hall–Kier alpha value is -1.64. The van der Waals surface area contributed by atoms with Gasteiger partial charge < -0.3 is 4.74 Å². The van der Waals surface area contributed by atoms with Crippen molar-refractivity contribution in [1.29, 1.82) is 0 Å². The lowest BCUT2D eigenvalue weighted by Crippen LogP contribution is -2.34. The van der Waals surface area contributed by atoms with Gasteiger partial charge in [-0.1, -0.05) is 13.8 Å². The Morgan fingerprint density at radius 3 is 2.40 bits per heavy atom. The summed E-state index contributed by atoms with van der Waals surface area (Å²) in [5.41, 5.74) is 1.93. The fourth-order valence-corrected chi connectivity index (χ4v) is 2.48. The number of amides is 1. The van der Waals surface area contributed by atoms with Gasteiger partial charge in [-0.15, -0.1) is 0 Å². The van der Waals surface area contributed by atoms with E-state index in [4.69, 9.17) is 10.6 Å². The molecule has 0 unspecified atom stereocenters. The van der Waals surface area contributed by atoms with E-state index in [0.717, 1.165) is 0 Å². The van der Waals surface area contributed by atoms with Crippen molar-refractivity contribution in [1.82, 2.24) is 10.1 Å². The van der Waals surface area contributed by atoms with Gasteiger partial charge in [-0.2, -0.15) is 0 Å². The van der Waals surface area contributed by atoms with Crippen LogP contribution >= 0.6 is 0 Å². The quantitative estimate of drug-likeness (QED) is 0.373. The highest BCUT2D eigenvalue weighted by atomic mass is 32.2. The fourth-order valence-electron chi connectivity index (χ4n) is 1.27. The summed E-state index contributed by atoms with van der Waals surface area (Å²) in [6.07, 6.45) is 0. The molecule has 0 aromatic heterocycles. The topological polar surface area (TPSA) is 111 Å². The maximum absolute atomic E-state index is 11.9. The molecule has 0 heterocycles. The second kappa shape index (κ2) is 7.22. The summed E-state index contributed by atoms with van der Waals surface area (Å²) < 4.78 is 31.5. The summed E-state index contributed by atoms with van der Waals surface area (Å²) >= 11 is 0. The summed E-state index contributed by atoms with van der Waals surface area (Å²) in [5.74, 6) is 5.05. The molecule has 0 aliphatic heterocycles. The van der Waals surface area contributed by atoms with E-state index in [0.29, 0.717) is 12.3 Å². The Morgan fingerprint density at radius 2 is 1.90 bits per heavy atom. The molecule has 0 radical (unpaired) electrons.